The number of nitrogens with one attached hydrogen (secondary N) is 2. The predicted octanol–water partition coefficient (Wildman–Crippen LogP) is 0.787. The zero-order valence-corrected chi connectivity index (χ0v) is 12.0. The molecule has 8 heteroatoms. The number of rotatable bonds is 7. The molecule has 0 saturated carbocycles. The molecule has 4 N–H and O–H groups in total. The maximum atomic E-state index is 12.0. The lowest BCUT2D eigenvalue weighted by molar-refractivity contribution is 0.579. The Kier molecular flexibility index (Phi) is 5.86. The predicted molar refractivity (Wildman–Crippen MR) is 74.8 cm³/mol. The van der Waals surface area contributed by atoms with Crippen LogP contribution in [0.5, 0.6) is 0 Å². The first-order valence-electron chi connectivity index (χ1n) is 5.44. The van der Waals surface area contributed by atoms with Crippen LogP contribution in [0, 0.1) is 0 Å². The summed E-state index contributed by atoms with van der Waals surface area (Å²) in [5, 5.41) is 0.411. The van der Waals surface area contributed by atoms with E-state index in [2.05, 4.69) is 22.1 Å². The number of anilines is 1. The maximum Gasteiger partial charge on any atom is 0.244 e. The van der Waals surface area contributed by atoms with Crippen molar-refractivity contribution >= 4 is 27.5 Å². The number of nitrogen functional groups attached to an aromatic ring is 1. The van der Waals surface area contributed by atoms with E-state index in [1.54, 1.807) is 11.8 Å². The Morgan fingerprint density at radius 3 is 2.89 bits per heavy atom. The fourth-order valence-electron chi connectivity index (χ4n) is 1.31. The normalized spacial score (nSPS) is 13.3. The number of pyridine rings is 1. The molecule has 0 aliphatic rings. The number of nitrogens with zero attached hydrogens (tertiary/aromatic N) is 1. The molecule has 0 amide bonds. The van der Waals surface area contributed by atoms with Gasteiger partial charge in [-0.05, 0) is 18.7 Å². The van der Waals surface area contributed by atoms with Gasteiger partial charge in [-0.15, -0.1) is 0 Å². The van der Waals surface area contributed by atoms with Gasteiger partial charge < -0.3 is 5.43 Å². The highest BCUT2D eigenvalue weighted by molar-refractivity contribution is 7.99. The average molecular weight is 290 g/mol. The molecule has 1 heterocycles. The molecule has 0 bridgehead atoms. The lowest BCUT2D eigenvalue weighted by Crippen LogP contribution is -2.27. The summed E-state index contributed by atoms with van der Waals surface area (Å²) in [6, 6.07) is 1.51. The summed E-state index contributed by atoms with van der Waals surface area (Å²) in [6.45, 7) is 2.44. The van der Waals surface area contributed by atoms with Crippen molar-refractivity contribution < 1.29 is 8.42 Å². The van der Waals surface area contributed by atoms with Crippen molar-refractivity contribution in [2.24, 2.45) is 5.84 Å². The molecule has 0 saturated heterocycles. The van der Waals surface area contributed by atoms with E-state index in [1.165, 1.54) is 18.5 Å². The van der Waals surface area contributed by atoms with E-state index in [4.69, 9.17) is 5.84 Å². The van der Waals surface area contributed by atoms with E-state index in [1.807, 2.05) is 6.26 Å². The smallest absolute Gasteiger partial charge is 0.244 e. The highest BCUT2D eigenvalue weighted by Gasteiger charge is 2.18. The largest absolute Gasteiger partial charge is 0.323 e. The van der Waals surface area contributed by atoms with Crippen molar-refractivity contribution in [3.05, 3.63) is 18.5 Å². The molecular formula is C10H18N4O2S2. The van der Waals surface area contributed by atoms with E-state index < -0.39 is 10.0 Å². The molecule has 102 valence electrons. The second kappa shape index (κ2) is 6.93. The van der Waals surface area contributed by atoms with E-state index >= 15 is 0 Å². The molecule has 0 aliphatic carbocycles. The van der Waals surface area contributed by atoms with Crippen LogP contribution in [0.25, 0.3) is 0 Å². The first-order valence-corrected chi connectivity index (χ1v) is 8.21. The first kappa shape index (κ1) is 15.2. The van der Waals surface area contributed by atoms with Gasteiger partial charge in [0.1, 0.15) is 4.90 Å². The van der Waals surface area contributed by atoms with Crippen molar-refractivity contribution in [3.8, 4) is 0 Å². The van der Waals surface area contributed by atoms with E-state index in [0.717, 1.165) is 6.42 Å². The molecule has 0 radical (unpaired) electrons. The van der Waals surface area contributed by atoms with Crippen LogP contribution in [0.15, 0.2) is 23.4 Å². The number of nitrogens with two attached hydrogens (primary N) is 1. The number of hydrogen-bond donors (Lipinski definition) is 3. The maximum absolute atomic E-state index is 12.0. The van der Waals surface area contributed by atoms with Crippen LogP contribution in [0.3, 0.4) is 0 Å². The number of thioether (sulfide) groups is 1. The molecule has 1 unspecified atom stereocenters. The van der Waals surface area contributed by atoms with Crippen LogP contribution in [0.4, 0.5) is 5.69 Å². The van der Waals surface area contributed by atoms with E-state index in [9.17, 15) is 8.42 Å². The first-order chi connectivity index (χ1) is 8.51. The third-order valence-corrected chi connectivity index (χ3v) is 5.00. The summed E-state index contributed by atoms with van der Waals surface area (Å²) in [5.41, 5.74) is 2.68. The van der Waals surface area contributed by atoms with Crippen molar-refractivity contribution in [3.63, 3.8) is 0 Å². The molecule has 1 rings (SSSR count). The summed E-state index contributed by atoms with van der Waals surface area (Å²) in [4.78, 5) is 3.86. The Morgan fingerprint density at radius 2 is 2.28 bits per heavy atom. The molecule has 1 aromatic heterocycles. The molecule has 1 aromatic rings. The van der Waals surface area contributed by atoms with Gasteiger partial charge in [0.2, 0.25) is 10.0 Å². The third-order valence-electron chi connectivity index (χ3n) is 2.47. The number of hydrazine groups is 1. The van der Waals surface area contributed by atoms with Crippen molar-refractivity contribution in [1.82, 2.24) is 9.71 Å². The van der Waals surface area contributed by atoms with Crippen LogP contribution in [-0.2, 0) is 10.0 Å². The Bertz CT molecular complexity index is 479. The lowest BCUT2D eigenvalue weighted by atomic mass is 10.3. The summed E-state index contributed by atoms with van der Waals surface area (Å²) in [6.07, 6.45) is 5.52. The molecule has 0 spiro atoms. The molecular weight excluding hydrogens is 272 g/mol. The van der Waals surface area contributed by atoms with Gasteiger partial charge in [-0.1, -0.05) is 6.92 Å². The Balaban J connectivity index is 2.74. The SMILES string of the molecule is CSC(C)CCNS(=O)(=O)c1cnccc1NN. The second-order valence-corrected chi connectivity index (χ2v) is 6.76. The lowest BCUT2D eigenvalue weighted by Gasteiger charge is -2.12. The second-order valence-electron chi connectivity index (χ2n) is 3.75. The van der Waals surface area contributed by atoms with Crippen LogP contribution in [-0.4, -0.2) is 31.5 Å². The number of hydrogen-bond acceptors (Lipinski definition) is 6. The highest BCUT2D eigenvalue weighted by Crippen LogP contribution is 2.18. The standard InChI is InChI=1S/C10H18N4O2S2/c1-8(17-2)3-6-13-18(15,16)10-7-12-5-4-9(10)14-11/h4-5,7-8,13H,3,6,11H2,1-2H3,(H,12,14). The van der Waals surface area contributed by atoms with E-state index in [-0.39, 0.29) is 4.90 Å². The zero-order chi connectivity index (χ0) is 13.6. The Morgan fingerprint density at radius 1 is 1.56 bits per heavy atom. The minimum Gasteiger partial charge on any atom is -0.323 e. The van der Waals surface area contributed by atoms with Crippen LogP contribution in [0.1, 0.15) is 13.3 Å². The van der Waals surface area contributed by atoms with Crippen LogP contribution < -0.4 is 16.0 Å². The molecule has 1 atom stereocenters. The van der Waals surface area contributed by atoms with E-state index in [0.29, 0.717) is 17.5 Å². The van der Waals surface area contributed by atoms with Gasteiger partial charge in [-0.25, -0.2) is 13.1 Å². The van der Waals surface area contributed by atoms with Crippen molar-refractivity contribution in [2.75, 3.05) is 18.2 Å². The summed E-state index contributed by atoms with van der Waals surface area (Å²) < 4.78 is 26.6. The number of aromatic nitrogens is 1. The minimum atomic E-state index is -3.57. The van der Waals surface area contributed by atoms with Crippen molar-refractivity contribution in [2.45, 2.75) is 23.5 Å². The van der Waals surface area contributed by atoms with Gasteiger partial charge in [-0.3, -0.25) is 10.8 Å². The molecule has 0 aliphatic heterocycles. The van der Waals surface area contributed by atoms with Gasteiger partial charge in [-0.2, -0.15) is 11.8 Å². The minimum absolute atomic E-state index is 0.0595. The summed E-state index contributed by atoms with van der Waals surface area (Å²) >= 11 is 1.70. The highest BCUT2D eigenvalue weighted by atomic mass is 32.2. The van der Waals surface area contributed by atoms with Gasteiger partial charge >= 0.3 is 0 Å². The molecule has 6 nitrogen and oxygen atoms in total. The Labute approximate surface area is 112 Å². The fraction of sp³-hybridized carbons (Fsp3) is 0.500. The fourth-order valence-corrected chi connectivity index (χ4v) is 2.82. The van der Waals surface area contributed by atoms with Gasteiger partial charge in [0.05, 0.1) is 5.69 Å². The zero-order valence-electron chi connectivity index (χ0n) is 10.4. The van der Waals surface area contributed by atoms with Gasteiger partial charge in [0, 0.05) is 24.2 Å². The molecule has 0 aromatic carbocycles. The molecule has 18 heavy (non-hydrogen) atoms. The summed E-state index contributed by atoms with van der Waals surface area (Å²) in [5.74, 6) is 5.27. The summed E-state index contributed by atoms with van der Waals surface area (Å²) in [7, 11) is -3.57. The van der Waals surface area contributed by atoms with Gasteiger partial charge in [0.15, 0.2) is 0 Å². The van der Waals surface area contributed by atoms with Crippen molar-refractivity contribution in [1.29, 1.82) is 0 Å². The Hall–Kier alpha value is -0.830. The quantitative estimate of drug-likeness (QED) is 0.507. The topological polar surface area (TPSA) is 97.1 Å². The average Bonchev–Trinajstić information content (AvgIpc) is 2.38. The van der Waals surface area contributed by atoms with Crippen LogP contribution >= 0.6 is 11.8 Å². The third kappa shape index (κ3) is 4.13. The molecule has 0 fully saturated rings. The monoisotopic (exact) mass is 290 g/mol. The number of sulfonamides is 1. The van der Waals surface area contributed by atoms with Crippen LogP contribution in [0.2, 0.25) is 0 Å². The van der Waals surface area contributed by atoms with Gasteiger partial charge in [0.25, 0.3) is 0 Å².